The summed E-state index contributed by atoms with van der Waals surface area (Å²) in [6.45, 7) is 11.3. The van der Waals surface area contributed by atoms with Crippen LogP contribution < -0.4 is 21.3 Å². The second-order valence-electron chi connectivity index (χ2n) is 13.9. The summed E-state index contributed by atoms with van der Waals surface area (Å²) in [4.78, 5) is 22.0. The van der Waals surface area contributed by atoms with Crippen LogP contribution in [0, 0.1) is 0 Å². The van der Waals surface area contributed by atoms with Crippen LogP contribution >= 0.6 is 23.1 Å². The first-order valence-electron chi connectivity index (χ1n) is 22.8. The summed E-state index contributed by atoms with van der Waals surface area (Å²) in [5.41, 5.74) is 3.84. The van der Waals surface area contributed by atoms with Crippen LogP contribution in [0.25, 0.3) is 21.9 Å². The number of nitrogens with zero attached hydrogens (tertiary/aromatic N) is 9. The third-order valence-corrected chi connectivity index (χ3v) is 10.2. The average Bonchev–Trinajstić information content (AvgIpc) is 4.31. The molecule has 0 radical (unpaired) electrons. The van der Waals surface area contributed by atoms with Gasteiger partial charge in [0, 0.05) is 110 Å². The number of hydrogen-bond donors (Lipinski definition) is 8. The predicted octanol–water partition coefficient (Wildman–Crippen LogP) is 7.10. The summed E-state index contributed by atoms with van der Waals surface area (Å²) in [5.74, 6) is 2.61. The van der Waals surface area contributed by atoms with Gasteiger partial charge in [0.15, 0.2) is 0 Å². The standard InChI is InChI=1S/2C7H6N2.C5H11N.C5H5N.C4H4N2.C4H9NO.C4H9NS.C4H9N.C3H4N2.C3H3NS.C2H3N3/c1-2-6-3-5-9-7(6)8-4-1;1-2-4-7-6(3-1)5-8-9-7;2*1-2-4-6-5-3-1;1-2-5-4-6-3-1;2*1-3-6-4-2-5-1;2*1-2-4-5-3-1;1-2-5-3-4-1;1-2-4-5-3-1/h2*1-5H,(H,8,9);6H,1-5H2;1-5H;1-4H;2*5H,1-4H2;5H,1-4H2;1-3H,(H,4,5);1-3H;1-2H,(H,3,4,5). The number of ether oxygens (including phenoxy) is 1. The maximum atomic E-state index is 5.01. The molecule has 20 heteroatoms. The molecule has 68 heavy (non-hydrogen) atoms. The molecule has 4 aliphatic heterocycles. The van der Waals surface area contributed by atoms with E-state index in [1.807, 2.05) is 96.3 Å². The Morgan fingerprint density at radius 1 is 0.485 bits per heavy atom. The first kappa shape index (κ1) is 56.1. The molecular weight excluding hydrogens is 895 g/mol. The van der Waals surface area contributed by atoms with E-state index in [1.54, 1.807) is 84.9 Å². The zero-order valence-electron chi connectivity index (χ0n) is 38.9. The van der Waals surface area contributed by atoms with E-state index in [1.165, 1.54) is 89.2 Å². The number of aromatic amines is 4. The van der Waals surface area contributed by atoms with Crippen molar-refractivity contribution in [2.75, 3.05) is 77.1 Å². The van der Waals surface area contributed by atoms with Crippen molar-refractivity contribution in [1.82, 2.24) is 87.0 Å². The molecule has 364 valence electrons. The topological polar surface area (TPSA) is 237 Å². The molecule has 18 nitrogen and oxygen atoms in total. The number of hydrogen-bond acceptors (Lipinski definition) is 16. The highest BCUT2D eigenvalue weighted by Gasteiger charge is 1.95. The van der Waals surface area contributed by atoms with Crippen LogP contribution in [0.2, 0.25) is 0 Å². The van der Waals surface area contributed by atoms with Gasteiger partial charge in [0.25, 0.3) is 0 Å². The Kier molecular flexibility index (Phi) is 36.7. The van der Waals surface area contributed by atoms with E-state index in [-0.39, 0.29) is 0 Å². The van der Waals surface area contributed by atoms with Gasteiger partial charge in [-0.05, 0) is 100 Å². The molecule has 0 aliphatic carbocycles. The largest absolute Gasteiger partial charge is 0.379 e. The van der Waals surface area contributed by atoms with Gasteiger partial charge in [0.05, 0.1) is 42.8 Å². The Morgan fingerprint density at radius 2 is 1.16 bits per heavy atom. The summed E-state index contributed by atoms with van der Waals surface area (Å²) >= 11 is 3.63. The van der Waals surface area contributed by atoms with Crippen molar-refractivity contribution >= 4 is 45.0 Å². The van der Waals surface area contributed by atoms with Crippen LogP contribution in [-0.2, 0) is 4.74 Å². The molecule has 4 fully saturated rings. The van der Waals surface area contributed by atoms with Gasteiger partial charge in [0.1, 0.15) is 12.0 Å². The Balaban J connectivity index is 0.000000200. The van der Waals surface area contributed by atoms with Gasteiger partial charge in [0.2, 0.25) is 0 Å². The molecule has 9 aromatic rings. The maximum absolute atomic E-state index is 5.01. The number of aromatic nitrogens is 13. The first-order valence-corrected chi connectivity index (χ1v) is 24.9. The van der Waals surface area contributed by atoms with Gasteiger partial charge in [-0.3, -0.25) is 20.2 Å². The van der Waals surface area contributed by atoms with Gasteiger partial charge < -0.3 is 31.0 Å². The molecule has 0 spiro atoms. The summed E-state index contributed by atoms with van der Waals surface area (Å²) in [6, 6.07) is 23.3. The summed E-state index contributed by atoms with van der Waals surface area (Å²) in [6.07, 6.45) is 29.2. The second kappa shape index (κ2) is 44.6. The quantitative estimate of drug-likeness (QED) is 0.0757. The van der Waals surface area contributed by atoms with E-state index in [4.69, 9.17) is 4.74 Å². The zero-order valence-corrected chi connectivity index (χ0v) is 40.5. The Bertz CT molecular complexity index is 1820. The van der Waals surface area contributed by atoms with Crippen molar-refractivity contribution in [1.29, 1.82) is 0 Å². The monoisotopic (exact) mass is 964 g/mol. The fourth-order valence-corrected chi connectivity index (χ4v) is 6.48. The van der Waals surface area contributed by atoms with Crippen LogP contribution in [0.4, 0.5) is 0 Å². The summed E-state index contributed by atoms with van der Waals surface area (Å²) in [7, 11) is 0. The molecular formula is C48H69N17OS2. The van der Waals surface area contributed by atoms with Crippen molar-refractivity contribution in [3.63, 3.8) is 0 Å². The number of nitrogens with one attached hydrogen (secondary N) is 8. The van der Waals surface area contributed by atoms with E-state index in [0.717, 1.165) is 48.2 Å². The summed E-state index contributed by atoms with van der Waals surface area (Å²) in [5, 5.41) is 39.5. The molecule has 8 aromatic heterocycles. The lowest BCUT2D eigenvalue weighted by Gasteiger charge is -2.10. The third kappa shape index (κ3) is 34.1. The molecule has 8 N–H and O–H groups in total. The minimum absolute atomic E-state index is 0.889. The Labute approximate surface area is 408 Å². The minimum Gasteiger partial charge on any atom is -0.379 e. The molecule has 4 aliphatic rings. The minimum atomic E-state index is 0.889. The number of para-hydroxylation sites is 1. The highest BCUT2D eigenvalue weighted by molar-refractivity contribution is 7.99. The molecule has 0 amide bonds. The number of morpholine rings is 1. The number of fused-ring (bicyclic) bond motifs is 2. The van der Waals surface area contributed by atoms with E-state index in [9.17, 15) is 0 Å². The van der Waals surface area contributed by atoms with Crippen molar-refractivity contribution in [2.24, 2.45) is 0 Å². The molecule has 0 atom stereocenters. The van der Waals surface area contributed by atoms with Gasteiger partial charge in [-0.2, -0.15) is 37.4 Å². The van der Waals surface area contributed by atoms with Gasteiger partial charge in [-0.25, -0.2) is 15.0 Å². The molecule has 4 saturated heterocycles. The van der Waals surface area contributed by atoms with Crippen LogP contribution in [-0.4, -0.2) is 143 Å². The van der Waals surface area contributed by atoms with Gasteiger partial charge >= 0.3 is 0 Å². The predicted molar refractivity (Wildman–Crippen MR) is 278 cm³/mol. The van der Waals surface area contributed by atoms with Crippen LogP contribution in [0.3, 0.4) is 0 Å². The van der Waals surface area contributed by atoms with Crippen LogP contribution in [0.1, 0.15) is 32.1 Å². The van der Waals surface area contributed by atoms with Crippen molar-refractivity contribution in [3.05, 3.63) is 164 Å². The fourth-order valence-electron chi connectivity index (χ4n) is 5.35. The lowest BCUT2D eigenvalue weighted by atomic mass is 10.2. The molecule has 12 heterocycles. The normalized spacial score (nSPS) is 14.0. The van der Waals surface area contributed by atoms with Gasteiger partial charge in [-0.1, -0.05) is 30.7 Å². The average molecular weight is 964 g/mol. The van der Waals surface area contributed by atoms with Crippen LogP contribution in [0.15, 0.2) is 164 Å². The Morgan fingerprint density at radius 3 is 1.53 bits per heavy atom. The van der Waals surface area contributed by atoms with Gasteiger partial charge in [-0.15, -0.1) is 11.3 Å². The number of H-pyrrole nitrogens is 4. The van der Waals surface area contributed by atoms with E-state index in [2.05, 4.69) is 87.0 Å². The third-order valence-electron chi connectivity index (χ3n) is 8.66. The van der Waals surface area contributed by atoms with Crippen molar-refractivity contribution < 1.29 is 4.74 Å². The highest BCUT2D eigenvalue weighted by atomic mass is 32.2. The number of thiazole rings is 1. The Hall–Kier alpha value is -6.26. The maximum Gasteiger partial charge on any atom is 0.137 e. The molecule has 0 bridgehead atoms. The SMILES string of the molecule is C1CCNC1.C1CCNCC1.C1COCCN1.C1CSCCN1.c1ccc2[nH]ncc2c1.c1ccncc1.c1cn[nH]c1.c1cn[nH]n1.c1cnc2[nH]ccc2c1.c1cncnc1.c1cscn1. The summed E-state index contributed by atoms with van der Waals surface area (Å²) < 4.78 is 5.01. The van der Waals surface area contributed by atoms with Crippen molar-refractivity contribution in [3.8, 4) is 0 Å². The first-order chi connectivity index (χ1) is 33.9. The number of rotatable bonds is 0. The fraction of sp³-hybridized carbons (Fsp3) is 0.354. The zero-order chi connectivity index (χ0) is 47.6. The number of pyridine rings is 2. The smallest absolute Gasteiger partial charge is 0.137 e. The van der Waals surface area contributed by atoms with E-state index < -0.39 is 0 Å². The molecule has 1 aromatic carbocycles. The molecule has 0 unspecified atom stereocenters. The molecule has 13 rings (SSSR count). The van der Waals surface area contributed by atoms with Crippen molar-refractivity contribution in [2.45, 2.75) is 32.1 Å². The number of benzene rings is 1. The lowest BCUT2D eigenvalue weighted by molar-refractivity contribution is 0.109. The van der Waals surface area contributed by atoms with E-state index >= 15 is 0 Å². The van der Waals surface area contributed by atoms with Crippen LogP contribution in [0.5, 0.6) is 0 Å². The lowest BCUT2D eigenvalue weighted by Crippen LogP contribution is -2.30. The number of thioether (sulfide) groups is 1. The highest BCUT2D eigenvalue weighted by Crippen LogP contribution is 2.07. The second-order valence-corrected chi connectivity index (χ2v) is 15.9. The number of piperidine rings is 1. The molecule has 0 saturated carbocycles. The van der Waals surface area contributed by atoms with E-state index in [0.29, 0.717) is 0 Å².